The van der Waals surface area contributed by atoms with Gasteiger partial charge in [-0.25, -0.2) is 9.78 Å². The van der Waals surface area contributed by atoms with Crippen LogP contribution in [0.3, 0.4) is 0 Å². The van der Waals surface area contributed by atoms with Crippen molar-refractivity contribution >= 4 is 28.6 Å². The van der Waals surface area contributed by atoms with Crippen molar-refractivity contribution in [3.05, 3.63) is 27.1 Å². The van der Waals surface area contributed by atoms with Gasteiger partial charge in [-0.2, -0.15) is 0 Å². The SMILES string of the molecule is CCOC(=O)c1cnc(I)c(C)c1. The first-order valence-electron chi connectivity index (χ1n) is 3.94. The number of rotatable bonds is 2. The molecule has 0 radical (unpaired) electrons. The number of aromatic nitrogens is 1. The van der Waals surface area contributed by atoms with Crippen molar-refractivity contribution in [3.63, 3.8) is 0 Å². The van der Waals surface area contributed by atoms with E-state index in [0.29, 0.717) is 12.2 Å². The maximum absolute atomic E-state index is 11.2. The molecule has 1 heterocycles. The van der Waals surface area contributed by atoms with Crippen LogP contribution in [0.1, 0.15) is 22.8 Å². The predicted molar refractivity (Wildman–Crippen MR) is 57.6 cm³/mol. The van der Waals surface area contributed by atoms with Crippen LogP contribution < -0.4 is 0 Å². The second-order valence-corrected chi connectivity index (χ2v) is 3.57. The van der Waals surface area contributed by atoms with Crippen molar-refractivity contribution in [2.75, 3.05) is 6.61 Å². The Balaban J connectivity index is 2.90. The Hall–Kier alpha value is -0.650. The standard InChI is InChI=1S/C9H10INO2/c1-3-13-9(12)7-4-6(2)8(10)11-5-7/h4-5H,3H2,1-2H3. The first kappa shape index (κ1) is 10.4. The van der Waals surface area contributed by atoms with Gasteiger partial charge in [-0.05, 0) is 48.1 Å². The van der Waals surface area contributed by atoms with Crippen LogP contribution in [-0.4, -0.2) is 17.6 Å². The van der Waals surface area contributed by atoms with Gasteiger partial charge in [-0.15, -0.1) is 0 Å². The highest BCUT2D eigenvalue weighted by molar-refractivity contribution is 14.1. The summed E-state index contributed by atoms with van der Waals surface area (Å²) in [5, 5.41) is 0. The van der Waals surface area contributed by atoms with Gasteiger partial charge >= 0.3 is 5.97 Å². The Morgan fingerprint density at radius 1 is 1.69 bits per heavy atom. The Morgan fingerprint density at radius 2 is 2.38 bits per heavy atom. The highest BCUT2D eigenvalue weighted by Crippen LogP contribution is 2.10. The number of halogens is 1. The van der Waals surface area contributed by atoms with Crippen LogP contribution in [0.4, 0.5) is 0 Å². The molecule has 1 rings (SSSR count). The fourth-order valence-electron chi connectivity index (χ4n) is 0.884. The second-order valence-electron chi connectivity index (χ2n) is 2.55. The van der Waals surface area contributed by atoms with E-state index in [-0.39, 0.29) is 5.97 Å². The molecule has 1 aromatic heterocycles. The molecule has 13 heavy (non-hydrogen) atoms. The van der Waals surface area contributed by atoms with E-state index in [4.69, 9.17) is 4.74 Å². The molecule has 0 fully saturated rings. The van der Waals surface area contributed by atoms with Gasteiger partial charge in [0.1, 0.15) is 3.70 Å². The smallest absolute Gasteiger partial charge is 0.339 e. The zero-order valence-electron chi connectivity index (χ0n) is 7.50. The van der Waals surface area contributed by atoms with Crippen molar-refractivity contribution in [1.29, 1.82) is 0 Å². The summed E-state index contributed by atoms with van der Waals surface area (Å²) in [5.74, 6) is -0.311. The highest BCUT2D eigenvalue weighted by Gasteiger charge is 2.07. The van der Waals surface area contributed by atoms with E-state index in [0.717, 1.165) is 9.26 Å². The number of pyridine rings is 1. The van der Waals surface area contributed by atoms with Crippen LogP contribution in [0.15, 0.2) is 12.3 Å². The van der Waals surface area contributed by atoms with Crippen LogP contribution in [-0.2, 0) is 4.74 Å². The van der Waals surface area contributed by atoms with Crippen LogP contribution in [0.2, 0.25) is 0 Å². The van der Waals surface area contributed by atoms with Crippen LogP contribution in [0.5, 0.6) is 0 Å². The van der Waals surface area contributed by atoms with Crippen molar-refractivity contribution in [1.82, 2.24) is 4.98 Å². The summed E-state index contributed by atoms with van der Waals surface area (Å²) in [6.07, 6.45) is 1.53. The summed E-state index contributed by atoms with van der Waals surface area (Å²) >= 11 is 2.12. The van der Waals surface area contributed by atoms with E-state index in [1.54, 1.807) is 13.0 Å². The van der Waals surface area contributed by atoms with Gasteiger partial charge in [-0.1, -0.05) is 0 Å². The summed E-state index contributed by atoms with van der Waals surface area (Å²) in [6, 6.07) is 1.78. The maximum Gasteiger partial charge on any atom is 0.339 e. The normalized spacial score (nSPS) is 9.77. The van der Waals surface area contributed by atoms with E-state index in [9.17, 15) is 4.79 Å². The lowest BCUT2D eigenvalue weighted by Gasteiger charge is -2.02. The molecule has 0 aliphatic heterocycles. The quantitative estimate of drug-likeness (QED) is 0.476. The van der Waals surface area contributed by atoms with E-state index >= 15 is 0 Å². The molecule has 0 aliphatic rings. The van der Waals surface area contributed by atoms with Crippen molar-refractivity contribution in [2.24, 2.45) is 0 Å². The Morgan fingerprint density at radius 3 is 2.92 bits per heavy atom. The van der Waals surface area contributed by atoms with E-state index in [2.05, 4.69) is 27.6 Å². The molecule has 1 aromatic rings. The lowest BCUT2D eigenvalue weighted by molar-refractivity contribution is 0.0525. The molecular weight excluding hydrogens is 281 g/mol. The Bertz CT molecular complexity index is 325. The first-order chi connectivity index (χ1) is 6.15. The third kappa shape index (κ3) is 2.65. The number of carbonyl (C=O) groups excluding carboxylic acids is 1. The van der Waals surface area contributed by atoms with Crippen molar-refractivity contribution < 1.29 is 9.53 Å². The molecule has 0 aromatic carbocycles. The molecular formula is C9H10INO2. The number of aryl methyl sites for hydroxylation is 1. The number of hydrogen-bond donors (Lipinski definition) is 0. The second kappa shape index (κ2) is 4.55. The zero-order chi connectivity index (χ0) is 9.84. The molecule has 0 unspecified atom stereocenters. The van der Waals surface area contributed by atoms with Crippen molar-refractivity contribution in [2.45, 2.75) is 13.8 Å². The average Bonchev–Trinajstić information content (AvgIpc) is 2.10. The lowest BCUT2D eigenvalue weighted by Crippen LogP contribution is -2.06. The number of nitrogens with zero attached hydrogens (tertiary/aromatic N) is 1. The summed E-state index contributed by atoms with van der Waals surface area (Å²) in [6.45, 7) is 4.09. The fourth-order valence-corrected chi connectivity index (χ4v) is 1.18. The summed E-state index contributed by atoms with van der Waals surface area (Å²) in [5.41, 5.74) is 1.51. The third-order valence-electron chi connectivity index (χ3n) is 1.53. The minimum atomic E-state index is -0.311. The zero-order valence-corrected chi connectivity index (χ0v) is 9.66. The number of carbonyl (C=O) groups is 1. The topological polar surface area (TPSA) is 39.2 Å². The minimum Gasteiger partial charge on any atom is -0.462 e. The average molecular weight is 291 g/mol. The van der Waals surface area contributed by atoms with Crippen LogP contribution >= 0.6 is 22.6 Å². The van der Waals surface area contributed by atoms with Gasteiger partial charge < -0.3 is 4.74 Å². The molecule has 0 saturated heterocycles. The van der Waals surface area contributed by atoms with Gasteiger partial charge in [0, 0.05) is 6.20 Å². The summed E-state index contributed by atoms with van der Waals surface area (Å²) in [7, 11) is 0. The Kier molecular flexibility index (Phi) is 3.65. The van der Waals surface area contributed by atoms with Crippen LogP contribution in [0.25, 0.3) is 0 Å². The van der Waals surface area contributed by atoms with E-state index in [1.807, 2.05) is 6.92 Å². The van der Waals surface area contributed by atoms with Crippen LogP contribution in [0, 0.1) is 10.6 Å². The molecule has 0 amide bonds. The molecule has 0 bridgehead atoms. The molecule has 0 spiro atoms. The first-order valence-corrected chi connectivity index (χ1v) is 5.02. The lowest BCUT2D eigenvalue weighted by atomic mass is 10.2. The minimum absolute atomic E-state index is 0.311. The van der Waals surface area contributed by atoms with Gasteiger partial charge in [0.15, 0.2) is 0 Å². The van der Waals surface area contributed by atoms with E-state index < -0.39 is 0 Å². The predicted octanol–water partition coefficient (Wildman–Crippen LogP) is 2.17. The summed E-state index contributed by atoms with van der Waals surface area (Å²) < 4.78 is 5.75. The largest absolute Gasteiger partial charge is 0.462 e. The number of hydrogen-bond acceptors (Lipinski definition) is 3. The maximum atomic E-state index is 11.2. The summed E-state index contributed by atoms with van der Waals surface area (Å²) in [4.78, 5) is 15.3. The molecule has 70 valence electrons. The molecule has 0 atom stereocenters. The highest BCUT2D eigenvalue weighted by atomic mass is 127. The molecule has 4 heteroatoms. The molecule has 0 aliphatic carbocycles. The molecule has 0 saturated carbocycles. The number of esters is 1. The third-order valence-corrected chi connectivity index (χ3v) is 2.65. The van der Waals surface area contributed by atoms with Gasteiger partial charge in [0.05, 0.1) is 12.2 Å². The van der Waals surface area contributed by atoms with E-state index in [1.165, 1.54) is 6.20 Å². The van der Waals surface area contributed by atoms with Gasteiger partial charge in [0.2, 0.25) is 0 Å². The monoisotopic (exact) mass is 291 g/mol. The molecule has 0 N–H and O–H groups in total. The Labute approximate surface area is 90.6 Å². The fraction of sp³-hybridized carbons (Fsp3) is 0.333. The van der Waals surface area contributed by atoms with Gasteiger partial charge in [0.25, 0.3) is 0 Å². The van der Waals surface area contributed by atoms with Gasteiger partial charge in [-0.3, -0.25) is 0 Å². The number of ether oxygens (including phenoxy) is 1. The van der Waals surface area contributed by atoms with Crippen molar-refractivity contribution in [3.8, 4) is 0 Å². The molecule has 3 nitrogen and oxygen atoms in total.